The van der Waals surface area contributed by atoms with E-state index in [2.05, 4.69) is 51.5 Å². The lowest BCUT2D eigenvalue weighted by molar-refractivity contribution is 0.562. The van der Waals surface area contributed by atoms with Crippen molar-refractivity contribution in [3.63, 3.8) is 0 Å². The van der Waals surface area contributed by atoms with Crippen LogP contribution in [0, 0.1) is 0 Å². The fourth-order valence-corrected chi connectivity index (χ4v) is 2.15. The van der Waals surface area contributed by atoms with Crippen LogP contribution in [0.25, 0.3) is 0 Å². The van der Waals surface area contributed by atoms with Gasteiger partial charge in [0.05, 0.1) is 0 Å². The summed E-state index contributed by atoms with van der Waals surface area (Å²) in [5.41, 5.74) is 3.96. The number of rotatable bonds is 3. The summed E-state index contributed by atoms with van der Waals surface area (Å²) in [6, 6.07) is 0. The molecule has 16 heavy (non-hydrogen) atoms. The highest BCUT2D eigenvalue weighted by Gasteiger charge is 2.23. The SMILES string of the molecule is CCc1nc(CC)c(C(C)(C)C)c(CC)n1. The van der Waals surface area contributed by atoms with Crippen molar-refractivity contribution < 1.29 is 0 Å². The van der Waals surface area contributed by atoms with Crippen molar-refractivity contribution in [3.8, 4) is 0 Å². The van der Waals surface area contributed by atoms with E-state index in [1.54, 1.807) is 0 Å². The van der Waals surface area contributed by atoms with E-state index in [1.165, 1.54) is 17.0 Å². The van der Waals surface area contributed by atoms with Crippen LogP contribution in [0.1, 0.15) is 64.3 Å². The lowest BCUT2D eigenvalue weighted by atomic mass is 9.83. The van der Waals surface area contributed by atoms with Gasteiger partial charge in [0.1, 0.15) is 5.82 Å². The van der Waals surface area contributed by atoms with Gasteiger partial charge in [0.15, 0.2) is 0 Å². The Labute approximate surface area is 99.5 Å². The van der Waals surface area contributed by atoms with E-state index in [0.29, 0.717) is 0 Å². The first kappa shape index (κ1) is 13.1. The molecule has 0 aliphatic heterocycles. The second kappa shape index (κ2) is 4.94. The van der Waals surface area contributed by atoms with Gasteiger partial charge < -0.3 is 0 Å². The van der Waals surface area contributed by atoms with E-state index in [-0.39, 0.29) is 5.41 Å². The number of hydrogen-bond donors (Lipinski definition) is 0. The third-order valence-corrected chi connectivity index (χ3v) is 2.84. The Kier molecular flexibility index (Phi) is 4.06. The molecule has 0 radical (unpaired) electrons. The van der Waals surface area contributed by atoms with Gasteiger partial charge in [-0.05, 0) is 18.3 Å². The maximum atomic E-state index is 4.67. The number of aromatic nitrogens is 2. The van der Waals surface area contributed by atoms with Crippen LogP contribution in [-0.2, 0) is 24.7 Å². The smallest absolute Gasteiger partial charge is 0.128 e. The van der Waals surface area contributed by atoms with Crippen LogP contribution < -0.4 is 0 Å². The monoisotopic (exact) mass is 220 g/mol. The minimum atomic E-state index is 0.142. The van der Waals surface area contributed by atoms with Gasteiger partial charge in [-0.25, -0.2) is 9.97 Å². The summed E-state index contributed by atoms with van der Waals surface area (Å²) in [5, 5.41) is 0. The summed E-state index contributed by atoms with van der Waals surface area (Å²) in [7, 11) is 0. The fraction of sp³-hybridized carbons (Fsp3) is 0.714. The Morgan fingerprint density at radius 2 is 1.25 bits per heavy atom. The molecular formula is C14H24N2. The lowest BCUT2D eigenvalue weighted by Crippen LogP contribution is -2.20. The maximum Gasteiger partial charge on any atom is 0.128 e. The van der Waals surface area contributed by atoms with Crippen LogP contribution in [-0.4, -0.2) is 9.97 Å². The molecule has 0 aliphatic carbocycles. The number of aryl methyl sites for hydroxylation is 3. The minimum absolute atomic E-state index is 0.142. The molecule has 1 rings (SSSR count). The average Bonchev–Trinajstić information content (AvgIpc) is 2.25. The first-order chi connectivity index (χ1) is 7.43. The Hall–Kier alpha value is -0.920. The quantitative estimate of drug-likeness (QED) is 0.779. The standard InChI is InChI=1S/C14H24N2/c1-7-10-13(14(4,5)6)11(8-2)16-12(9-3)15-10/h7-9H2,1-6H3. The van der Waals surface area contributed by atoms with Crippen molar-refractivity contribution in [3.05, 3.63) is 22.8 Å². The van der Waals surface area contributed by atoms with Crippen molar-refractivity contribution in [1.29, 1.82) is 0 Å². The molecule has 0 saturated heterocycles. The van der Waals surface area contributed by atoms with E-state index >= 15 is 0 Å². The highest BCUT2D eigenvalue weighted by atomic mass is 14.9. The lowest BCUT2D eigenvalue weighted by Gasteiger charge is -2.25. The van der Waals surface area contributed by atoms with E-state index in [9.17, 15) is 0 Å². The molecular weight excluding hydrogens is 196 g/mol. The molecule has 0 N–H and O–H groups in total. The van der Waals surface area contributed by atoms with Crippen LogP contribution in [0.5, 0.6) is 0 Å². The summed E-state index contributed by atoms with van der Waals surface area (Å²) in [5.74, 6) is 0.988. The average molecular weight is 220 g/mol. The highest BCUT2D eigenvalue weighted by Crippen LogP contribution is 2.28. The predicted molar refractivity (Wildman–Crippen MR) is 68.9 cm³/mol. The summed E-state index contributed by atoms with van der Waals surface area (Å²) >= 11 is 0. The van der Waals surface area contributed by atoms with Crippen LogP contribution in [0.3, 0.4) is 0 Å². The molecule has 0 aliphatic rings. The summed E-state index contributed by atoms with van der Waals surface area (Å²) < 4.78 is 0. The van der Waals surface area contributed by atoms with Gasteiger partial charge in [-0.2, -0.15) is 0 Å². The first-order valence-corrected chi connectivity index (χ1v) is 6.33. The Balaban J connectivity index is 3.44. The molecule has 0 fully saturated rings. The normalized spacial score (nSPS) is 11.9. The highest BCUT2D eigenvalue weighted by molar-refractivity contribution is 5.33. The van der Waals surface area contributed by atoms with Gasteiger partial charge in [-0.3, -0.25) is 0 Å². The molecule has 1 heterocycles. The molecule has 0 unspecified atom stereocenters. The Bertz CT molecular complexity index is 336. The van der Waals surface area contributed by atoms with Crippen LogP contribution in [0.15, 0.2) is 0 Å². The largest absolute Gasteiger partial charge is 0.238 e. The summed E-state index contributed by atoms with van der Waals surface area (Å²) in [6.07, 6.45) is 2.91. The first-order valence-electron chi connectivity index (χ1n) is 6.33. The number of nitrogens with zero attached hydrogens (tertiary/aromatic N) is 2. The zero-order valence-corrected chi connectivity index (χ0v) is 11.5. The van der Waals surface area contributed by atoms with Crippen LogP contribution in [0.4, 0.5) is 0 Å². The Morgan fingerprint density at radius 3 is 1.50 bits per heavy atom. The second-order valence-corrected chi connectivity index (χ2v) is 5.22. The van der Waals surface area contributed by atoms with E-state index < -0.39 is 0 Å². The van der Waals surface area contributed by atoms with Crippen molar-refractivity contribution in [1.82, 2.24) is 9.97 Å². The maximum absolute atomic E-state index is 4.67. The molecule has 0 bridgehead atoms. The zero-order valence-electron chi connectivity index (χ0n) is 11.5. The molecule has 0 aromatic carbocycles. The van der Waals surface area contributed by atoms with E-state index in [1.807, 2.05) is 0 Å². The van der Waals surface area contributed by atoms with Crippen molar-refractivity contribution in [2.75, 3.05) is 0 Å². The molecule has 0 saturated carbocycles. The van der Waals surface area contributed by atoms with Crippen LogP contribution >= 0.6 is 0 Å². The van der Waals surface area contributed by atoms with Gasteiger partial charge in [0.25, 0.3) is 0 Å². The molecule has 0 spiro atoms. The van der Waals surface area contributed by atoms with Crippen molar-refractivity contribution in [2.45, 2.75) is 66.2 Å². The molecule has 1 aromatic heterocycles. The topological polar surface area (TPSA) is 25.8 Å². The molecule has 0 atom stereocenters. The third-order valence-electron chi connectivity index (χ3n) is 2.84. The molecule has 90 valence electrons. The predicted octanol–water partition coefficient (Wildman–Crippen LogP) is 3.46. The van der Waals surface area contributed by atoms with Gasteiger partial charge in [0, 0.05) is 23.4 Å². The van der Waals surface area contributed by atoms with Gasteiger partial charge in [-0.15, -0.1) is 0 Å². The summed E-state index contributed by atoms with van der Waals surface area (Å²) in [6.45, 7) is 13.2. The summed E-state index contributed by atoms with van der Waals surface area (Å²) in [4.78, 5) is 9.35. The zero-order chi connectivity index (χ0) is 12.3. The van der Waals surface area contributed by atoms with Gasteiger partial charge in [-0.1, -0.05) is 41.5 Å². The van der Waals surface area contributed by atoms with Crippen molar-refractivity contribution >= 4 is 0 Å². The molecule has 2 nitrogen and oxygen atoms in total. The van der Waals surface area contributed by atoms with Gasteiger partial charge >= 0.3 is 0 Å². The Morgan fingerprint density at radius 1 is 0.812 bits per heavy atom. The van der Waals surface area contributed by atoms with E-state index in [0.717, 1.165) is 25.1 Å². The molecule has 2 heteroatoms. The van der Waals surface area contributed by atoms with Gasteiger partial charge in [0.2, 0.25) is 0 Å². The minimum Gasteiger partial charge on any atom is -0.238 e. The number of hydrogen-bond acceptors (Lipinski definition) is 2. The van der Waals surface area contributed by atoms with Crippen molar-refractivity contribution in [2.24, 2.45) is 0 Å². The molecule has 1 aromatic rings. The second-order valence-electron chi connectivity index (χ2n) is 5.22. The molecule has 0 amide bonds. The fourth-order valence-electron chi connectivity index (χ4n) is 2.15. The third kappa shape index (κ3) is 2.60. The van der Waals surface area contributed by atoms with Crippen LogP contribution in [0.2, 0.25) is 0 Å². The van der Waals surface area contributed by atoms with E-state index in [4.69, 9.17) is 0 Å².